The Morgan fingerprint density at radius 2 is 1.64 bits per heavy atom. The van der Waals surface area contributed by atoms with Gasteiger partial charge in [0.15, 0.2) is 0 Å². The largest absolute Gasteiger partial charge is 0.487 e. The fraction of sp³-hybridized carbons (Fsp3) is 0.120. The van der Waals surface area contributed by atoms with Crippen LogP contribution in [0, 0.1) is 14.1 Å². The van der Waals surface area contributed by atoms with Crippen LogP contribution >= 0.6 is 85.1 Å². The molecule has 1 aliphatic heterocycles. The summed E-state index contributed by atoms with van der Waals surface area (Å²) in [5, 5.41) is 0. The lowest BCUT2D eigenvalue weighted by molar-refractivity contribution is -0.122. The summed E-state index contributed by atoms with van der Waals surface area (Å²) >= 11 is 14.9. The molecule has 4 rings (SSSR count). The molecule has 0 aromatic heterocycles. The second-order valence-corrected chi connectivity index (χ2v) is 12.4. The van der Waals surface area contributed by atoms with Crippen molar-refractivity contribution in [3.63, 3.8) is 0 Å². The van der Waals surface area contributed by atoms with Crippen molar-refractivity contribution in [3.05, 3.63) is 99.4 Å². The van der Waals surface area contributed by atoms with E-state index in [1.54, 1.807) is 4.90 Å². The van der Waals surface area contributed by atoms with Crippen molar-refractivity contribution in [1.29, 1.82) is 0 Å². The van der Waals surface area contributed by atoms with E-state index in [1.165, 1.54) is 17.3 Å². The van der Waals surface area contributed by atoms with Crippen LogP contribution in [0.25, 0.3) is 6.08 Å². The van der Waals surface area contributed by atoms with Crippen LogP contribution in [0.3, 0.4) is 0 Å². The van der Waals surface area contributed by atoms with Crippen molar-refractivity contribution in [2.45, 2.75) is 20.1 Å². The van der Waals surface area contributed by atoms with Crippen LogP contribution < -0.4 is 4.74 Å². The van der Waals surface area contributed by atoms with Crippen molar-refractivity contribution in [3.8, 4) is 5.75 Å². The molecule has 3 aromatic rings. The van der Waals surface area contributed by atoms with E-state index in [9.17, 15) is 4.79 Å². The number of hydrogen-bond acceptors (Lipinski definition) is 4. The number of hydrogen-bond donors (Lipinski definition) is 0. The number of benzene rings is 3. The average molecular weight is 762 g/mol. The number of carbonyl (C=O) groups is 1. The van der Waals surface area contributed by atoms with E-state index in [2.05, 4.69) is 61.1 Å². The molecule has 33 heavy (non-hydrogen) atoms. The highest BCUT2D eigenvalue weighted by Crippen LogP contribution is 2.36. The van der Waals surface area contributed by atoms with Gasteiger partial charge in [0.05, 0.1) is 18.6 Å². The Kier molecular flexibility index (Phi) is 8.53. The minimum atomic E-state index is -0.0499. The summed E-state index contributed by atoms with van der Waals surface area (Å²) in [6.07, 6.45) is 1.91. The Balaban J connectivity index is 1.49. The lowest BCUT2D eigenvalue weighted by Crippen LogP contribution is -2.27. The normalized spacial score (nSPS) is 14.9. The van der Waals surface area contributed by atoms with Crippen molar-refractivity contribution in [2.75, 3.05) is 0 Å². The van der Waals surface area contributed by atoms with Gasteiger partial charge in [-0.1, -0.05) is 81.9 Å². The number of thioether (sulfide) groups is 1. The molecule has 0 atom stereocenters. The van der Waals surface area contributed by atoms with Gasteiger partial charge in [-0.15, -0.1) is 0 Å². The van der Waals surface area contributed by atoms with Gasteiger partial charge in [0.25, 0.3) is 5.91 Å². The summed E-state index contributed by atoms with van der Waals surface area (Å²) in [6, 6.07) is 20.3. The third-order valence-corrected chi connectivity index (χ3v) is 8.46. The molecule has 1 amide bonds. The number of amides is 1. The second kappa shape index (κ2) is 11.2. The van der Waals surface area contributed by atoms with Gasteiger partial charge in [0.2, 0.25) is 0 Å². The smallest absolute Gasteiger partial charge is 0.266 e. The number of aryl methyl sites for hydroxylation is 1. The van der Waals surface area contributed by atoms with Gasteiger partial charge in [-0.3, -0.25) is 9.69 Å². The SMILES string of the molecule is Cc1ccc(CN2C(=O)/C(=C/c3cc(I)c(OCc4ccc(Br)cc4)c(I)c3)SC2=S)cc1. The topological polar surface area (TPSA) is 29.5 Å². The van der Waals surface area contributed by atoms with Gasteiger partial charge in [-0.2, -0.15) is 0 Å². The highest BCUT2D eigenvalue weighted by Gasteiger charge is 2.32. The zero-order valence-electron chi connectivity index (χ0n) is 17.5. The van der Waals surface area contributed by atoms with Crippen LogP contribution in [0.5, 0.6) is 5.75 Å². The van der Waals surface area contributed by atoms with Crippen LogP contribution in [-0.4, -0.2) is 15.1 Å². The van der Waals surface area contributed by atoms with Crippen LogP contribution in [0.15, 0.2) is 70.0 Å². The van der Waals surface area contributed by atoms with E-state index in [4.69, 9.17) is 17.0 Å². The number of halogens is 3. The van der Waals surface area contributed by atoms with Gasteiger partial charge in [-0.25, -0.2) is 0 Å². The third kappa shape index (κ3) is 6.39. The van der Waals surface area contributed by atoms with E-state index in [1.807, 2.05) is 73.7 Å². The second-order valence-electron chi connectivity index (χ2n) is 7.48. The highest BCUT2D eigenvalue weighted by molar-refractivity contribution is 14.1. The Morgan fingerprint density at radius 3 is 2.27 bits per heavy atom. The van der Waals surface area contributed by atoms with Crippen LogP contribution in [0.4, 0.5) is 0 Å². The first-order chi connectivity index (χ1) is 15.8. The molecule has 1 saturated heterocycles. The summed E-state index contributed by atoms with van der Waals surface area (Å²) in [4.78, 5) is 15.3. The van der Waals surface area contributed by atoms with E-state index >= 15 is 0 Å². The van der Waals surface area contributed by atoms with Crippen molar-refractivity contribution in [1.82, 2.24) is 4.90 Å². The molecular formula is C25H18BrI2NO2S2. The first-order valence-electron chi connectivity index (χ1n) is 9.97. The summed E-state index contributed by atoms with van der Waals surface area (Å²) in [7, 11) is 0. The molecule has 0 aliphatic carbocycles. The summed E-state index contributed by atoms with van der Waals surface area (Å²) < 4.78 is 9.73. The molecule has 0 radical (unpaired) electrons. The van der Waals surface area contributed by atoms with Crippen molar-refractivity contribution in [2.24, 2.45) is 0 Å². The molecule has 0 N–H and O–H groups in total. The maximum Gasteiger partial charge on any atom is 0.266 e. The van der Waals surface area contributed by atoms with Crippen LogP contribution in [-0.2, 0) is 17.9 Å². The maximum absolute atomic E-state index is 13.0. The zero-order chi connectivity index (χ0) is 23.5. The predicted molar refractivity (Wildman–Crippen MR) is 160 cm³/mol. The summed E-state index contributed by atoms with van der Waals surface area (Å²) in [5.74, 6) is 0.800. The molecule has 1 fully saturated rings. The summed E-state index contributed by atoms with van der Waals surface area (Å²) in [5.41, 5.74) is 4.31. The fourth-order valence-electron chi connectivity index (χ4n) is 3.20. The Hall–Kier alpha value is -0.950. The Labute approximate surface area is 238 Å². The first-order valence-corrected chi connectivity index (χ1v) is 14.1. The van der Waals surface area contributed by atoms with Crippen LogP contribution in [0.1, 0.15) is 22.3 Å². The Morgan fingerprint density at radius 1 is 1.03 bits per heavy atom. The molecule has 3 aromatic carbocycles. The molecule has 168 valence electrons. The lowest BCUT2D eigenvalue weighted by atomic mass is 10.1. The van der Waals surface area contributed by atoms with Gasteiger partial charge in [0, 0.05) is 4.47 Å². The minimum absolute atomic E-state index is 0.0499. The molecule has 1 aliphatic rings. The molecule has 3 nitrogen and oxygen atoms in total. The van der Waals surface area contributed by atoms with Crippen LogP contribution in [0.2, 0.25) is 0 Å². The number of thiocarbonyl (C=S) groups is 1. The predicted octanol–water partition coefficient (Wildman–Crippen LogP) is 7.95. The van der Waals surface area contributed by atoms with Gasteiger partial charge >= 0.3 is 0 Å². The fourth-order valence-corrected chi connectivity index (χ4v) is 6.85. The van der Waals surface area contributed by atoms with E-state index < -0.39 is 0 Å². The average Bonchev–Trinajstić information content (AvgIpc) is 3.03. The molecule has 8 heteroatoms. The number of ether oxygens (including phenoxy) is 1. The highest BCUT2D eigenvalue weighted by atomic mass is 127. The number of nitrogens with zero attached hydrogens (tertiary/aromatic N) is 1. The maximum atomic E-state index is 13.0. The van der Waals surface area contributed by atoms with E-state index in [-0.39, 0.29) is 5.91 Å². The van der Waals surface area contributed by atoms with E-state index in [0.29, 0.717) is 22.4 Å². The molecule has 0 bridgehead atoms. The van der Waals surface area contributed by atoms with Crippen molar-refractivity contribution >= 4 is 101 Å². The van der Waals surface area contributed by atoms with Gasteiger partial charge in [0.1, 0.15) is 16.7 Å². The van der Waals surface area contributed by atoms with Gasteiger partial charge < -0.3 is 4.74 Å². The molecule has 0 unspecified atom stereocenters. The molecule has 0 spiro atoms. The van der Waals surface area contributed by atoms with Gasteiger partial charge in [-0.05, 0) is 99.1 Å². The van der Waals surface area contributed by atoms with E-state index in [0.717, 1.165) is 34.1 Å². The Bertz CT molecular complexity index is 1220. The standard InChI is InChI=1S/C25H18BrI2NO2S2/c1-15-2-4-16(5-3-15)13-29-24(30)22(33-25(29)32)12-18-10-20(27)23(21(28)11-18)31-14-17-6-8-19(26)9-7-17/h2-12H,13-14H2,1H3/b22-12-. The number of rotatable bonds is 6. The quantitative estimate of drug-likeness (QED) is 0.145. The molecule has 1 heterocycles. The third-order valence-electron chi connectivity index (χ3n) is 4.95. The molecular weight excluding hydrogens is 744 g/mol. The zero-order valence-corrected chi connectivity index (χ0v) is 25.0. The monoisotopic (exact) mass is 761 g/mol. The minimum Gasteiger partial charge on any atom is -0.487 e. The summed E-state index contributed by atoms with van der Waals surface area (Å²) in [6.45, 7) is 3.03. The number of carbonyl (C=O) groups excluding carboxylic acids is 1. The van der Waals surface area contributed by atoms with Crippen molar-refractivity contribution < 1.29 is 9.53 Å². The lowest BCUT2D eigenvalue weighted by Gasteiger charge is -2.14. The first kappa shape index (κ1) is 25.2. The molecule has 0 saturated carbocycles.